The quantitative estimate of drug-likeness (QED) is 0.759. The van der Waals surface area contributed by atoms with Crippen molar-refractivity contribution in [2.75, 3.05) is 24.2 Å². The molecule has 16 heavy (non-hydrogen) atoms. The Bertz CT molecular complexity index is 530. The molecule has 1 aromatic heterocycles. The highest BCUT2D eigenvalue weighted by atomic mass is 15.2. The Kier molecular flexibility index (Phi) is 1.89. The first-order valence-electron chi connectivity index (χ1n) is 5.40. The molecule has 3 rings (SSSR count). The molecule has 2 aromatic rings. The summed E-state index contributed by atoms with van der Waals surface area (Å²) >= 11 is 0. The van der Waals surface area contributed by atoms with Crippen LogP contribution >= 0.6 is 0 Å². The Balaban J connectivity index is 2.18. The summed E-state index contributed by atoms with van der Waals surface area (Å²) in [7, 11) is 2.12. The Morgan fingerprint density at radius 1 is 1.44 bits per heavy atom. The number of aromatic amines is 1. The van der Waals surface area contributed by atoms with E-state index in [1.54, 1.807) is 0 Å². The molecule has 0 saturated heterocycles. The second-order valence-corrected chi connectivity index (χ2v) is 4.19. The summed E-state index contributed by atoms with van der Waals surface area (Å²) in [6, 6.07) is 8.25. The van der Waals surface area contributed by atoms with Crippen molar-refractivity contribution < 1.29 is 0 Å². The van der Waals surface area contributed by atoms with Crippen molar-refractivity contribution >= 4 is 11.5 Å². The van der Waals surface area contributed by atoms with Crippen LogP contribution in [-0.2, 0) is 6.42 Å². The van der Waals surface area contributed by atoms with E-state index in [0.29, 0.717) is 5.82 Å². The number of para-hydroxylation sites is 1. The topological polar surface area (TPSA) is 57.9 Å². The number of fused-ring (bicyclic) bond motifs is 1. The lowest BCUT2D eigenvalue weighted by atomic mass is 10.0. The second-order valence-electron chi connectivity index (χ2n) is 4.19. The molecule has 0 unspecified atom stereocenters. The van der Waals surface area contributed by atoms with Crippen molar-refractivity contribution in [1.82, 2.24) is 10.2 Å². The van der Waals surface area contributed by atoms with Crippen LogP contribution in [0.2, 0.25) is 0 Å². The van der Waals surface area contributed by atoms with Crippen molar-refractivity contribution in [3.8, 4) is 11.3 Å². The molecule has 0 radical (unpaired) electrons. The van der Waals surface area contributed by atoms with Crippen LogP contribution in [0.5, 0.6) is 0 Å². The molecule has 1 aliphatic heterocycles. The van der Waals surface area contributed by atoms with Gasteiger partial charge in [-0.25, -0.2) is 0 Å². The van der Waals surface area contributed by atoms with Crippen molar-refractivity contribution in [3.63, 3.8) is 0 Å². The number of nitrogen functional groups attached to an aromatic ring is 1. The number of anilines is 2. The lowest BCUT2D eigenvalue weighted by Crippen LogP contribution is -2.13. The number of H-pyrrole nitrogens is 1. The largest absolute Gasteiger partial charge is 0.382 e. The number of rotatable bonds is 1. The van der Waals surface area contributed by atoms with Crippen molar-refractivity contribution in [3.05, 3.63) is 29.8 Å². The van der Waals surface area contributed by atoms with E-state index in [1.807, 2.05) is 6.07 Å². The van der Waals surface area contributed by atoms with Gasteiger partial charge in [0.05, 0.1) is 5.69 Å². The summed E-state index contributed by atoms with van der Waals surface area (Å²) in [5.41, 5.74) is 10.5. The van der Waals surface area contributed by atoms with Crippen molar-refractivity contribution in [1.29, 1.82) is 0 Å². The molecule has 0 fully saturated rings. The second kappa shape index (κ2) is 3.27. The van der Waals surface area contributed by atoms with Gasteiger partial charge in [0.25, 0.3) is 0 Å². The molecule has 0 saturated carbocycles. The molecule has 82 valence electrons. The minimum absolute atomic E-state index is 0.535. The summed E-state index contributed by atoms with van der Waals surface area (Å²) in [5, 5.41) is 6.95. The maximum Gasteiger partial charge on any atom is 0.145 e. The minimum Gasteiger partial charge on any atom is -0.382 e. The van der Waals surface area contributed by atoms with Crippen LogP contribution in [0.25, 0.3) is 11.3 Å². The van der Waals surface area contributed by atoms with Crippen LogP contribution in [0, 0.1) is 0 Å². The number of hydrogen-bond acceptors (Lipinski definition) is 3. The molecule has 0 spiro atoms. The average molecular weight is 214 g/mol. The fourth-order valence-corrected chi connectivity index (χ4v) is 2.34. The molecule has 4 nitrogen and oxygen atoms in total. The van der Waals surface area contributed by atoms with Crippen LogP contribution in [0.15, 0.2) is 24.3 Å². The molecule has 2 heterocycles. The molecule has 0 amide bonds. The van der Waals surface area contributed by atoms with Crippen LogP contribution in [0.3, 0.4) is 0 Å². The van der Waals surface area contributed by atoms with Gasteiger partial charge in [-0.05, 0) is 12.0 Å². The third-order valence-electron chi connectivity index (χ3n) is 3.11. The number of nitrogens with zero attached hydrogens (tertiary/aromatic N) is 2. The number of benzene rings is 1. The summed E-state index contributed by atoms with van der Waals surface area (Å²) in [6.45, 7) is 1.08. The SMILES string of the molecule is CN1CCc2cccc(-c3cc(N)n[nH]3)c21. The lowest BCUT2D eigenvalue weighted by Gasteiger charge is -2.15. The summed E-state index contributed by atoms with van der Waals surface area (Å²) < 4.78 is 0. The normalized spacial score (nSPS) is 14.2. The first kappa shape index (κ1) is 9.27. The Morgan fingerprint density at radius 2 is 2.31 bits per heavy atom. The van der Waals surface area contributed by atoms with Gasteiger partial charge in [-0.15, -0.1) is 0 Å². The number of nitrogens with one attached hydrogen (secondary N) is 1. The van der Waals surface area contributed by atoms with E-state index in [-0.39, 0.29) is 0 Å². The molecule has 0 atom stereocenters. The first-order chi connectivity index (χ1) is 7.75. The number of aromatic nitrogens is 2. The third kappa shape index (κ3) is 1.26. The van der Waals surface area contributed by atoms with Gasteiger partial charge in [0, 0.05) is 30.9 Å². The molecule has 1 aliphatic rings. The summed E-state index contributed by atoms with van der Waals surface area (Å²) in [6.07, 6.45) is 1.11. The van der Waals surface area contributed by atoms with Crippen molar-refractivity contribution in [2.45, 2.75) is 6.42 Å². The molecule has 1 aromatic carbocycles. The zero-order chi connectivity index (χ0) is 11.1. The molecule has 0 aliphatic carbocycles. The van der Waals surface area contributed by atoms with Gasteiger partial charge < -0.3 is 10.6 Å². The van der Waals surface area contributed by atoms with Crippen LogP contribution in [-0.4, -0.2) is 23.8 Å². The van der Waals surface area contributed by atoms with Gasteiger partial charge >= 0.3 is 0 Å². The summed E-state index contributed by atoms with van der Waals surface area (Å²) in [4.78, 5) is 2.28. The Hall–Kier alpha value is -1.97. The fourth-order valence-electron chi connectivity index (χ4n) is 2.34. The lowest BCUT2D eigenvalue weighted by molar-refractivity contribution is 0.956. The van der Waals surface area contributed by atoms with E-state index in [9.17, 15) is 0 Å². The van der Waals surface area contributed by atoms with Crippen LogP contribution in [0.4, 0.5) is 11.5 Å². The predicted molar refractivity (Wildman–Crippen MR) is 65.4 cm³/mol. The highest BCUT2D eigenvalue weighted by Crippen LogP contribution is 2.36. The monoisotopic (exact) mass is 214 g/mol. The van der Waals surface area contributed by atoms with Crippen LogP contribution < -0.4 is 10.6 Å². The smallest absolute Gasteiger partial charge is 0.145 e. The van der Waals surface area contributed by atoms with Gasteiger partial charge in [-0.3, -0.25) is 5.10 Å². The van der Waals surface area contributed by atoms with E-state index in [4.69, 9.17) is 5.73 Å². The van der Waals surface area contributed by atoms with Gasteiger partial charge in [0.15, 0.2) is 0 Å². The molecular formula is C12H14N4. The maximum absolute atomic E-state index is 5.64. The highest BCUT2D eigenvalue weighted by Gasteiger charge is 2.20. The predicted octanol–water partition coefficient (Wildman–Crippen LogP) is 1.65. The average Bonchev–Trinajstić information content (AvgIpc) is 2.86. The number of nitrogens with two attached hydrogens (primary N) is 1. The standard InChI is InChI=1S/C12H14N4/c1-16-6-5-8-3-2-4-9(12(8)16)10-7-11(13)15-14-10/h2-4,7H,5-6H2,1H3,(H3,13,14,15). The number of likely N-dealkylation sites (N-methyl/N-ethyl adjacent to an activating group) is 1. The maximum atomic E-state index is 5.64. The van der Waals surface area contributed by atoms with Gasteiger partial charge in [-0.1, -0.05) is 18.2 Å². The first-order valence-corrected chi connectivity index (χ1v) is 5.40. The molecule has 4 heteroatoms. The van der Waals surface area contributed by atoms with E-state index in [2.05, 4.69) is 40.3 Å². The summed E-state index contributed by atoms with van der Waals surface area (Å²) in [5.74, 6) is 0.535. The fraction of sp³-hybridized carbons (Fsp3) is 0.250. The van der Waals surface area contributed by atoms with Crippen LogP contribution in [0.1, 0.15) is 5.56 Å². The minimum atomic E-state index is 0.535. The molecule has 0 bridgehead atoms. The Morgan fingerprint density at radius 3 is 3.06 bits per heavy atom. The van der Waals surface area contributed by atoms with E-state index in [0.717, 1.165) is 18.7 Å². The molecular weight excluding hydrogens is 200 g/mol. The number of hydrogen-bond donors (Lipinski definition) is 2. The zero-order valence-corrected chi connectivity index (χ0v) is 9.20. The van der Waals surface area contributed by atoms with Crippen molar-refractivity contribution in [2.24, 2.45) is 0 Å². The van der Waals surface area contributed by atoms with Gasteiger partial charge in [0.1, 0.15) is 5.82 Å². The van der Waals surface area contributed by atoms with E-state index < -0.39 is 0 Å². The molecule has 3 N–H and O–H groups in total. The van der Waals surface area contributed by atoms with E-state index >= 15 is 0 Å². The van der Waals surface area contributed by atoms with E-state index in [1.165, 1.54) is 16.8 Å². The highest BCUT2D eigenvalue weighted by molar-refractivity contribution is 5.81. The Labute approximate surface area is 94.1 Å². The zero-order valence-electron chi connectivity index (χ0n) is 9.20. The van der Waals surface area contributed by atoms with Gasteiger partial charge in [-0.2, -0.15) is 5.10 Å². The third-order valence-corrected chi connectivity index (χ3v) is 3.11. The van der Waals surface area contributed by atoms with Gasteiger partial charge in [0.2, 0.25) is 0 Å².